The molecule has 0 aliphatic rings. The van der Waals surface area contributed by atoms with Crippen LogP contribution in [0, 0.1) is 13.8 Å². The molecule has 0 radical (unpaired) electrons. The van der Waals surface area contributed by atoms with Gasteiger partial charge in [0.2, 0.25) is 0 Å². The van der Waals surface area contributed by atoms with Crippen LogP contribution in [0.25, 0.3) is 5.82 Å². The molecule has 1 aromatic carbocycles. The van der Waals surface area contributed by atoms with Crippen molar-refractivity contribution in [2.75, 3.05) is 11.9 Å². The molecule has 7 nitrogen and oxygen atoms in total. The summed E-state index contributed by atoms with van der Waals surface area (Å²) in [4.78, 5) is 32.5. The maximum Gasteiger partial charge on any atom is 0.251 e. The van der Waals surface area contributed by atoms with Crippen molar-refractivity contribution in [3.05, 3.63) is 74.6 Å². The molecule has 0 saturated heterocycles. The van der Waals surface area contributed by atoms with Gasteiger partial charge in [-0.05, 0) is 38.5 Å². The van der Waals surface area contributed by atoms with E-state index in [9.17, 15) is 9.59 Å². The molecule has 8 heteroatoms. The summed E-state index contributed by atoms with van der Waals surface area (Å²) in [5.74, 6) is 0.287. The third-order valence-corrected chi connectivity index (χ3v) is 4.64. The Balaban J connectivity index is 1.90. The molecule has 0 aliphatic carbocycles. The molecule has 3 rings (SSSR count). The molecule has 28 heavy (non-hydrogen) atoms. The lowest BCUT2D eigenvalue weighted by atomic mass is 10.1. The number of carbonyl (C=O) groups is 1. The van der Waals surface area contributed by atoms with Gasteiger partial charge in [-0.2, -0.15) is 0 Å². The highest BCUT2D eigenvalue weighted by Gasteiger charge is 2.16. The van der Waals surface area contributed by atoms with Crippen LogP contribution in [-0.2, 0) is 6.54 Å². The van der Waals surface area contributed by atoms with Crippen LogP contribution in [0.1, 0.15) is 34.1 Å². The van der Waals surface area contributed by atoms with E-state index >= 15 is 0 Å². The van der Waals surface area contributed by atoms with E-state index in [1.54, 1.807) is 35.4 Å². The second-order valence-electron chi connectivity index (χ2n) is 6.45. The van der Waals surface area contributed by atoms with Crippen molar-refractivity contribution in [2.45, 2.75) is 27.3 Å². The van der Waals surface area contributed by atoms with Crippen LogP contribution >= 0.6 is 11.6 Å². The number of aryl methyl sites for hydroxylation is 1. The number of amides is 1. The third kappa shape index (κ3) is 4.09. The Hall–Kier alpha value is -3.06. The molecule has 0 saturated carbocycles. The van der Waals surface area contributed by atoms with E-state index in [1.165, 1.54) is 6.07 Å². The first kappa shape index (κ1) is 19.7. The zero-order chi connectivity index (χ0) is 20.3. The fourth-order valence-electron chi connectivity index (χ4n) is 3.03. The lowest BCUT2D eigenvalue weighted by Gasteiger charge is -2.15. The largest absolute Gasteiger partial charge is 0.385 e. The molecule has 3 aromatic rings. The van der Waals surface area contributed by atoms with Crippen molar-refractivity contribution in [1.29, 1.82) is 0 Å². The zero-order valence-electron chi connectivity index (χ0n) is 16.0. The van der Waals surface area contributed by atoms with Crippen LogP contribution in [0.5, 0.6) is 0 Å². The molecule has 0 spiro atoms. The number of carbonyl (C=O) groups excluding carboxylic acids is 1. The summed E-state index contributed by atoms with van der Waals surface area (Å²) in [6.07, 6.45) is 4.96. The first-order chi connectivity index (χ1) is 13.4. The Morgan fingerprint density at radius 3 is 2.75 bits per heavy atom. The van der Waals surface area contributed by atoms with Crippen molar-refractivity contribution < 1.29 is 4.79 Å². The summed E-state index contributed by atoms with van der Waals surface area (Å²) in [7, 11) is 0. The zero-order valence-corrected chi connectivity index (χ0v) is 16.7. The number of H-pyrrole nitrogens is 1. The fraction of sp³-hybridized carbons (Fsp3) is 0.250. The van der Waals surface area contributed by atoms with Crippen molar-refractivity contribution in [3.8, 4) is 5.82 Å². The van der Waals surface area contributed by atoms with Crippen molar-refractivity contribution >= 4 is 23.2 Å². The Kier molecular flexibility index (Phi) is 5.84. The number of benzene rings is 1. The number of aromatic amines is 1. The van der Waals surface area contributed by atoms with Gasteiger partial charge in [0.25, 0.3) is 5.91 Å². The molecule has 3 N–H and O–H groups in total. The number of hydrogen-bond acceptors (Lipinski definition) is 4. The average molecular weight is 400 g/mol. The Morgan fingerprint density at radius 2 is 2.07 bits per heavy atom. The van der Waals surface area contributed by atoms with Crippen LogP contribution < -0.4 is 16.1 Å². The maximum atomic E-state index is 12.8. The summed E-state index contributed by atoms with van der Waals surface area (Å²) >= 11 is 6.17. The van der Waals surface area contributed by atoms with Gasteiger partial charge in [-0.3, -0.25) is 14.2 Å². The number of hydrogen-bond donors (Lipinski definition) is 3. The Labute approximate surface area is 167 Å². The summed E-state index contributed by atoms with van der Waals surface area (Å²) in [6, 6.07) is 4.93. The topological polar surface area (TPSA) is 91.8 Å². The van der Waals surface area contributed by atoms with E-state index < -0.39 is 0 Å². The highest BCUT2D eigenvalue weighted by atomic mass is 35.5. The van der Waals surface area contributed by atoms with Crippen LogP contribution in [0.3, 0.4) is 0 Å². The average Bonchev–Trinajstić information content (AvgIpc) is 3.17. The highest BCUT2D eigenvalue weighted by Crippen LogP contribution is 2.25. The third-order valence-electron chi connectivity index (χ3n) is 4.42. The maximum absolute atomic E-state index is 12.8. The predicted octanol–water partition coefficient (Wildman–Crippen LogP) is 3.19. The predicted molar refractivity (Wildman–Crippen MR) is 110 cm³/mol. The van der Waals surface area contributed by atoms with Crippen LogP contribution in [-0.4, -0.2) is 27.0 Å². The van der Waals surface area contributed by atoms with Gasteiger partial charge in [0.15, 0.2) is 5.43 Å². The lowest BCUT2D eigenvalue weighted by Crippen LogP contribution is -2.28. The van der Waals surface area contributed by atoms with Crippen LogP contribution in [0.2, 0.25) is 5.02 Å². The molecular weight excluding hydrogens is 378 g/mol. The molecule has 0 atom stereocenters. The van der Waals surface area contributed by atoms with Crippen LogP contribution in [0.4, 0.5) is 5.69 Å². The molecule has 0 aliphatic heterocycles. The Bertz CT molecular complexity index is 1060. The molecule has 2 aromatic heterocycles. The molecule has 146 valence electrons. The standard InChI is InChI=1S/C20H22ClN5O2/c1-4-23-17-9-14(21)8-15(13(17)3)20(28)24-10-16-18(27)7-12(2)25-19(16)26-6-5-22-11-26/h5-9,11,23H,4,10H2,1-3H3,(H,24,28)(H,25,27). The Morgan fingerprint density at radius 1 is 1.29 bits per heavy atom. The first-order valence-electron chi connectivity index (χ1n) is 8.94. The molecule has 2 heterocycles. The molecule has 0 fully saturated rings. The van der Waals surface area contributed by atoms with E-state index in [4.69, 9.17) is 11.6 Å². The van der Waals surface area contributed by atoms with E-state index in [-0.39, 0.29) is 17.9 Å². The van der Waals surface area contributed by atoms with Gasteiger partial charge in [-0.25, -0.2) is 4.98 Å². The van der Waals surface area contributed by atoms with Gasteiger partial charge in [0.05, 0.1) is 12.1 Å². The number of nitrogens with zero attached hydrogens (tertiary/aromatic N) is 2. The normalized spacial score (nSPS) is 10.7. The number of imidazole rings is 1. The highest BCUT2D eigenvalue weighted by molar-refractivity contribution is 6.31. The van der Waals surface area contributed by atoms with E-state index in [1.807, 2.05) is 20.8 Å². The van der Waals surface area contributed by atoms with Gasteiger partial charge in [-0.1, -0.05) is 11.6 Å². The van der Waals surface area contributed by atoms with Crippen LogP contribution in [0.15, 0.2) is 41.7 Å². The van der Waals surface area contributed by atoms with Crippen molar-refractivity contribution in [1.82, 2.24) is 19.9 Å². The van der Waals surface area contributed by atoms with Gasteiger partial charge in [0, 0.05) is 47.0 Å². The van der Waals surface area contributed by atoms with E-state index in [0.29, 0.717) is 22.0 Å². The number of pyridine rings is 1. The number of halogens is 1. The molecule has 1 amide bonds. The smallest absolute Gasteiger partial charge is 0.251 e. The van der Waals surface area contributed by atoms with Gasteiger partial charge in [-0.15, -0.1) is 0 Å². The van der Waals surface area contributed by atoms with Gasteiger partial charge >= 0.3 is 0 Å². The van der Waals surface area contributed by atoms with E-state index in [0.717, 1.165) is 23.5 Å². The number of nitrogens with one attached hydrogen (secondary N) is 3. The molecule has 0 unspecified atom stereocenters. The van der Waals surface area contributed by atoms with Gasteiger partial charge in [0.1, 0.15) is 12.1 Å². The van der Waals surface area contributed by atoms with E-state index in [2.05, 4.69) is 20.6 Å². The summed E-state index contributed by atoms with van der Waals surface area (Å²) in [5.41, 5.74) is 3.10. The summed E-state index contributed by atoms with van der Waals surface area (Å²) in [6.45, 7) is 6.43. The fourth-order valence-corrected chi connectivity index (χ4v) is 3.25. The second-order valence-corrected chi connectivity index (χ2v) is 6.89. The lowest BCUT2D eigenvalue weighted by molar-refractivity contribution is 0.0950. The van der Waals surface area contributed by atoms with Crippen molar-refractivity contribution in [3.63, 3.8) is 0 Å². The summed E-state index contributed by atoms with van der Waals surface area (Å²) in [5, 5.41) is 6.51. The minimum atomic E-state index is -0.296. The summed E-state index contributed by atoms with van der Waals surface area (Å²) < 4.78 is 1.71. The first-order valence-corrected chi connectivity index (χ1v) is 9.31. The number of aromatic nitrogens is 3. The SMILES string of the molecule is CCNc1cc(Cl)cc(C(=O)NCc2c(-n3ccnc3)[nH]c(C)cc2=O)c1C. The van der Waals surface area contributed by atoms with Crippen molar-refractivity contribution in [2.24, 2.45) is 0 Å². The second kappa shape index (κ2) is 8.31. The molecule has 0 bridgehead atoms. The quantitative estimate of drug-likeness (QED) is 0.593. The number of rotatable bonds is 6. The minimum Gasteiger partial charge on any atom is -0.385 e. The minimum absolute atomic E-state index is 0.0739. The monoisotopic (exact) mass is 399 g/mol. The number of anilines is 1. The molecular formula is C20H22ClN5O2. The van der Waals surface area contributed by atoms with Gasteiger partial charge < -0.3 is 15.6 Å².